The van der Waals surface area contributed by atoms with Gasteiger partial charge in [-0.2, -0.15) is 0 Å². The molecule has 1 aliphatic rings. The molecule has 3 aromatic heterocycles. The van der Waals surface area contributed by atoms with E-state index in [2.05, 4.69) is 9.36 Å². The minimum absolute atomic E-state index is 0.126. The van der Waals surface area contributed by atoms with Gasteiger partial charge in [0.1, 0.15) is 21.0 Å². The Labute approximate surface area is 142 Å². The third-order valence-electron chi connectivity index (χ3n) is 4.29. The third kappa shape index (κ3) is 1.87. The second-order valence-electron chi connectivity index (χ2n) is 5.83. The molecule has 0 unspecified atom stereocenters. The molecule has 0 saturated heterocycles. The minimum Gasteiger partial charge on any atom is -0.328 e. The fraction of sp³-hybridized carbons (Fsp3) is 0.188. The molecule has 1 saturated carbocycles. The zero-order chi connectivity index (χ0) is 16.4. The Morgan fingerprint density at radius 1 is 1.29 bits per heavy atom. The smallest absolute Gasteiger partial charge is 0.271 e. The van der Waals surface area contributed by atoms with Crippen LogP contribution >= 0.6 is 22.9 Å². The molecule has 3 heterocycles. The molecule has 0 amide bonds. The van der Waals surface area contributed by atoms with E-state index < -0.39 is 16.8 Å². The highest BCUT2D eigenvalue weighted by molar-refractivity contribution is 7.13. The van der Waals surface area contributed by atoms with Crippen LogP contribution in [0.15, 0.2) is 33.3 Å². The van der Waals surface area contributed by atoms with Crippen LogP contribution < -0.4 is 11.0 Å². The molecular weight excluding hydrogens is 349 g/mol. The van der Waals surface area contributed by atoms with Gasteiger partial charge in [-0.05, 0) is 36.5 Å². The molecule has 5 nitrogen and oxygen atoms in total. The van der Waals surface area contributed by atoms with Gasteiger partial charge in [0.05, 0.1) is 5.52 Å². The monoisotopic (exact) mass is 359 g/mol. The van der Waals surface area contributed by atoms with Crippen molar-refractivity contribution in [3.63, 3.8) is 0 Å². The quantitative estimate of drug-likeness (QED) is 0.596. The normalized spacial score (nSPS) is 14.7. The van der Waals surface area contributed by atoms with Gasteiger partial charge in [-0.3, -0.25) is 14.0 Å². The molecule has 8 heteroatoms. The molecular formula is C16H10FN3O2S2. The van der Waals surface area contributed by atoms with Crippen LogP contribution in [0.4, 0.5) is 4.39 Å². The number of nitrogens with zero attached hydrogens (tertiary/aromatic N) is 2. The number of hydrogen-bond donors (Lipinski definition) is 1. The summed E-state index contributed by atoms with van der Waals surface area (Å²) in [5.74, 6) is -0.497. The van der Waals surface area contributed by atoms with Crippen molar-refractivity contribution in [2.45, 2.75) is 18.9 Å². The summed E-state index contributed by atoms with van der Waals surface area (Å²) in [5.41, 5.74) is 0.232. The van der Waals surface area contributed by atoms with Gasteiger partial charge in [-0.15, -0.1) is 11.3 Å². The highest BCUT2D eigenvalue weighted by Crippen LogP contribution is 2.40. The third-order valence-corrected chi connectivity index (χ3v) is 5.98. The van der Waals surface area contributed by atoms with Crippen molar-refractivity contribution >= 4 is 44.0 Å². The summed E-state index contributed by atoms with van der Waals surface area (Å²) in [6, 6.07) is 3.17. The number of pyridine rings is 1. The number of halogens is 1. The molecule has 120 valence electrons. The molecule has 0 aliphatic heterocycles. The second-order valence-corrected chi connectivity index (χ2v) is 7.52. The molecule has 4 aromatic rings. The van der Waals surface area contributed by atoms with E-state index in [-0.39, 0.29) is 16.8 Å². The lowest BCUT2D eigenvalue weighted by atomic mass is 10.1. The molecule has 1 aromatic carbocycles. The van der Waals surface area contributed by atoms with E-state index in [9.17, 15) is 14.0 Å². The number of hydrogen-bond acceptors (Lipinski definition) is 5. The first-order valence-electron chi connectivity index (χ1n) is 7.44. The van der Waals surface area contributed by atoms with Gasteiger partial charge in [-0.1, -0.05) is 0 Å². The van der Waals surface area contributed by atoms with Crippen LogP contribution in [0.5, 0.6) is 0 Å². The number of rotatable bonds is 2. The number of thiazole rings is 1. The number of fused-ring (bicyclic) bond motifs is 2. The van der Waals surface area contributed by atoms with Gasteiger partial charge in [0.25, 0.3) is 5.56 Å². The van der Waals surface area contributed by atoms with E-state index in [0.29, 0.717) is 20.9 Å². The maximum absolute atomic E-state index is 14.6. The van der Waals surface area contributed by atoms with Crippen LogP contribution in [-0.2, 0) is 0 Å². The van der Waals surface area contributed by atoms with Crippen molar-refractivity contribution in [1.29, 1.82) is 0 Å². The van der Waals surface area contributed by atoms with Crippen LogP contribution in [0.1, 0.15) is 18.9 Å². The molecule has 5 rings (SSSR count). The summed E-state index contributed by atoms with van der Waals surface area (Å²) >= 11 is 2.51. The van der Waals surface area contributed by atoms with E-state index in [0.717, 1.165) is 24.4 Å². The lowest BCUT2D eigenvalue weighted by Crippen LogP contribution is -2.15. The average Bonchev–Trinajstić information content (AvgIpc) is 3.10. The maximum atomic E-state index is 14.6. The van der Waals surface area contributed by atoms with Crippen molar-refractivity contribution in [2.24, 2.45) is 0 Å². The summed E-state index contributed by atoms with van der Waals surface area (Å²) < 4.78 is 19.2. The molecule has 1 fully saturated rings. The van der Waals surface area contributed by atoms with Gasteiger partial charge in [-0.25, -0.2) is 9.37 Å². The Morgan fingerprint density at radius 3 is 2.83 bits per heavy atom. The maximum Gasteiger partial charge on any atom is 0.271 e. The Morgan fingerprint density at radius 2 is 2.12 bits per heavy atom. The average molecular weight is 359 g/mol. The van der Waals surface area contributed by atoms with E-state index in [1.54, 1.807) is 17.6 Å². The lowest BCUT2D eigenvalue weighted by Gasteiger charge is -2.12. The lowest BCUT2D eigenvalue weighted by molar-refractivity contribution is 0.632. The fourth-order valence-corrected chi connectivity index (χ4v) is 4.65. The number of H-pyrrole nitrogens is 1. The molecule has 0 spiro atoms. The van der Waals surface area contributed by atoms with Crippen molar-refractivity contribution < 1.29 is 4.39 Å². The highest BCUT2D eigenvalue weighted by Gasteiger charge is 2.29. The predicted octanol–water partition coefficient (Wildman–Crippen LogP) is 3.50. The fourth-order valence-electron chi connectivity index (χ4n) is 3.07. The molecule has 1 N–H and O–H groups in total. The minimum atomic E-state index is -0.497. The molecule has 0 bridgehead atoms. The first-order chi connectivity index (χ1) is 11.6. The standard InChI is InChI=1S/C16H10FN3O2S2/c17-10-5-9-11(6-8(10)15-18-3-4-23-15)20(7-1-2-7)16-12(13(9)21)14(22)19-24-16/h3-7H,1-2H2,(H,19,22). The van der Waals surface area contributed by atoms with Crippen LogP contribution in [0.3, 0.4) is 0 Å². The first-order valence-corrected chi connectivity index (χ1v) is 9.13. The van der Waals surface area contributed by atoms with E-state index in [4.69, 9.17) is 0 Å². The van der Waals surface area contributed by atoms with E-state index in [1.165, 1.54) is 17.4 Å². The predicted molar refractivity (Wildman–Crippen MR) is 93.5 cm³/mol. The summed E-state index contributed by atoms with van der Waals surface area (Å²) in [6.45, 7) is 0. The van der Waals surface area contributed by atoms with Crippen molar-refractivity contribution in [2.75, 3.05) is 0 Å². The van der Waals surface area contributed by atoms with Crippen LogP contribution in [0.2, 0.25) is 0 Å². The zero-order valence-corrected chi connectivity index (χ0v) is 13.8. The van der Waals surface area contributed by atoms with Crippen molar-refractivity contribution in [3.05, 3.63) is 50.1 Å². The topological polar surface area (TPSA) is 67.8 Å². The number of aromatic nitrogens is 3. The van der Waals surface area contributed by atoms with E-state index in [1.807, 2.05) is 4.57 Å². The van der Waals surface area contributed by atoms with Gasteiger partial charge >= 0.3 is 0 Å². The zero-order valence-electron chi connectivity index (χ0n) is 12.2. The van der Waals surface area contributed by atoms with Crippen molar-refractivity contribution in [3.8, 4) is 10.6 Å². The van der Waals surface area contributed by atoms with Crippen LogP contribution in [0.25, 0.3) is 31.7 Å². The number of benzene rings is 1. The summed E-state index contributed by atoms with van der Waals surface area (Å²) in [6.07, 6.45) is 3.60. The Balaban J connectivity index is 1.99. The second kappa shape index (κ2) is 4.84. The van der Waals surface area contributed by atoms with Gasteiger partial charge in [0.15, 0.2) is 0 Å². The highest BCUT2D eigenvalue weighted by atomic mass is 32.1. The van der Waals surface area contributed by atoms with Crippen molar-refractivity contribution in [1.82, 2.24) is 13.9 Å². The summed E-state index contributed by atoms with van der Waals surface area (Å²) in [4.78, 5) is 29.5. The molecule has 0 atom stereocenters. The van der Waals surface area contributed by atoms with E-state index >= 15 is 0 Å². The van der Waals surface area contributed by atoms with Crippen LogP contribution in [-0.4, -0.2) is 13.9 Å². The largest absolute Gasteiger partial charge is 0.328 e. The van der Waals surface area contributed by atoms with Gasteiger partial charge < -0.3 is 4.57 Å². The SMILES string of the molecule is O=c1[nH]sc2c1c(=O)c1cc(F)c(-c3nccs3)cc1n2C1CC1. The number of nitrogens with one attached hydrogen (secondary N) is 1. The summed E-state index contributed by atoms with van der Waals surface area (Å²) in [7, 11) is 0. The molecule has 24 heavy (non-hydrogen) atoms. The Bertz CT molecular complexity index is 1220. The molecule has 0 radical (unpaired) electrons. The number of aromatic amines is 1. The molecule has 1 aliphatic carbocycles. The summed E-state index contributed by atoms with van der Waals surface area (Å²) in [5, 5.41) is 2.73. The first kappa shape index (κ1) is 14.1. The Kier molecular flexibility index (Phi) is 2.84. The van der Waals surface area contributed by atoms with Gasteiger partial charge in [0.2, 0.25) is 5.43 Å². The Hall–Kier alpha value is -2.32. The van der Waals surface area contributed by atoms with Crippen LogP contribution in [0, 0.1) is 5.82 Å². The van der Waals surface area contributed by atoms with Gasteiger partial charge in [0, 0.05) is 28.6 Å².